The van der Waals surface area contributed by atoms with Crippen molar-refractivity contribution in [2.75, 3.05) is 31.1 Å². The van der Waals surface area contributed by atoms with E-state index < -0.39 is 28.7 Å². The zero-order valence-electron chi connectivity index (χ0n) is 23.1. The number of fused-ring (bicyclic) bond motifs is 1. The molecule has 39 heavy (non-hydrogen) atoms. The molecule has 7 nitrogen and oxygen atoms in total. The van der Waals surface area contributed by atoms with Crippen molar-refractivity contribution >= 4 is 46.8 Å². The molecule has 212 valence electrons. The molecule has 2 unspecified atom stereocenters. The molecule has 3 aliphatic rings. The number of aryl methyl sites for hydroxylation is 1. The van der Waals surface area contributed by atoms with Gasteiger partial charge in [0, 0.05) is 24.9 Å². The Bertz CT molecular complexity index is 1120. The Morgan fingerprint density at radius 1 is 1.26 bits per heavy atom. The van der Waals surface area contributed by atoms with Gasteiger partial charge in [-0.15, -0.1) is 24.9 Å². The summed E-state index contributed by atoms with van der Waals surface area (Å²) in [6.45, 7) is 14.5. The molecule has 1 aromatic rings. The zero-order valence-corrected chi connectivity index (χ0v) is 24.7. The highest BCUT2D eigenvalue weighted by molar-refractivity contribution is 8.02. The maximum absolute atomic E-state index is 14.7. The number of aliphatic hydroxyl groups is 1. The normalized spacial score (nSPS) is 27.8. The zero-order chi connectivity index (χ0) is 28.5. The Kier molecular flexibility index (Phi) is 9.19. The summed E-state index contributed by atoms with van der Waals surface area (Å²) in [6, 6.07) is 4.14. The smallest absolute Gasteiger partial charge is 0.251 e. The highest BCUT2D eigenvalue weighted by Gasteiger charge is 2.74. The van der Waals surface area contributed by atoms with Crippen molar-refractivity contribution in [2.24, 2.45) is 11.8 Å². The number of rotatable bonds is 12. The summed E-state index contributed by atoms with van der Waals surface area (Å²) in [6.07, 6.45) is 6.10. The van der Waals surface area contributed by atoms with E-state index in [1.54, 1.807) is 44.7 Å². The van der Waals surface area contributed by atoms with Gasteiger partial charge in [0.05, 0.1) is 39.9 Å². The van der Waals surface area contributed by atoms with Gasteiger partial charge in [-0.3, -0.25) is 14.4 Å². The van der Waals surface area contributed by atoms with E-state index in [0.717, 1.165) is 18.4 Å². The number of halogens is 1. The lowest BCUT2D eigenvalue weighted by molar-refractivity contribution is -0.145. The van der Waals surface area contributed by atoms with E-state index in [0.29, 0.717) is 36.6 Å². The van der Waals surface area contributed by atoms with Gasteiger partial charge < -0.3 is 19.8 Å². The van der Waals surface area contributed by atoms with Crippen LogP contribution in [0, 0.1) is 18.8 Å². The quantitative estimate of drug-likeness (QED) is 0.374. The van der Waals surface area contributed by atoms with Gasteiger partial charge in [0.15, 0.2) is 0 Å². The lowest BCUT2D eigenvalue weighted by Crippen LogP contribution is -2.57. The molecular formula is C30H40ClN3O4S. The van der Waals surface area contributed by atoms with Crippen LogP contribution in [0.15, 0.2) is 43.5 Å². The molecule has 0 aliphatic carbocycles. The summed E-state index contributed by atoms with van der Waals surface area (Å²) in [5, 5.41) is 10.7. The number of amides is 3. The number of para-hydroxylation sites is 1. The van der Waals surface area contributed by atoms with Crippen molar-refractivity contribution in [3.8, 4) is 0 Å². The van der Waals surface area contributed by atoms with Crippen molar-refractivity contribution < 1.29 is 19.5 Å². The van der Waals surface area contributed by atoms with Crippen LogP contribution in [0.5, 0.6) is 0 Å². The Hall–Kier alpha value is -2.29. The number of anilines is 1. The maximum atomic E-state index is 14.7. The number of likely N-dealkylation sites (tertiary alicyclic amines) is 1. The molecule has 3 aliphatic heterocycles. The van der Waals surface area contributed by atoms with Gasteiger partial charge in [0.2, 0.25) is 11.8 Å². The van der Waals surface area contributed by atoms with Crippen LogP contribution in [0.25, 0.3) is 0 Å². The average molecular weight is 574 g/mol. The first-order valence-electron chi connectivity index (χ1n) is 13.9. The molecule has 1 aromatic carbocycles. The Morgan fingerprint density at radius 2 is 1.97 bits per heavy atom. The third-order valence-corrected chi connectivity index (χ3v) is 10.8. The monoisotopic (exact) mass is 573 g/mol. The molecule has 3 heterocycles. The highest BCUT2D eigenvalue weighted by Crippen LogP contribution is 2.67. The third kappa shape index (κ3) is 4.82. The van der Waals surface area contributed by atoms with Gasteiger partial charge >= 0.3 is 0 Å². The van der Waals surface area contributed by atoms with E-state index in [2.05, 4.69) is 13.2 Å². The minimum atomic E-state index is -0.824. The Labute approximate surface area is 241 Å². The molecule has 2 bridgehead atoms. The van der Waals surface area contributed by atoms with Crippen molar-refractivity contribution in [1.29, 1.82) is 0 Å². The first-order valence-corrected chi connectivity index (χ1v) is 15.2. The topological polar surface area (TPSA) is 81.2 Å². The molecule has 9 heteroatoms. The highest BCUT2D eigenvalue weighted by atomic mass is 35.5. The van der Waals surface area contributed by atoms with Gasteiger partial charge in [-0.1, -0.05) is 49.7 Å². The molecule has 0 saturated carbocycles. The Morgan fingerprint density at radius 3 is 2.56 bits per heavy atom. The molecule has 3 fully saturated rings. The van der Waals surface area contributed by atoms with Crippen LogP contribution >= 0.6 is 23.4 Å². The fourth-order valence-corrected chi connectivity index (χ4v) is 9.44. The van der Waals surface area contributed by atoms with E-state index in [4.69, 9.17) is 11.6 Å². The van der Waals surface area contributed by atoms with Crippen LogP contribution in [-0.4, -0.2) is 80.9 Å². The maximum Gasteiger partial charge on any atom is 0.251 e. The number of nitrogens with zero attached hydrogens (tertiary/aromatic N) is 3. The lowest BCUT2D eigenvalue weighted by Gasteiger charge is -2.40. The minimum absolute atomic E-state index is 0.0304. The summed E-state index contributed by atoms with van der Waals surface area (Å²) < 4.78 is -0.748. The molecule has 3 saturated heterocycles. The van der Waals surface area contributed by atoms with E-state index in [9.17, 15) is 19.5 Å². The molecule has 0 radical (unpaired) electrons. The molecule has 0 aromatic heterocycles. The molecular weight excluding hydrogens is 534 g/mol. The second-order valence-corrected chi connectivity index (χ2v) is 12.8. The summed E-state index contributed by atoms with van der Waals surface area (Å²) in [5.74, 6) is -1.61. The number of carbonyl (C=O) groups excluding carboxylic acids is 3. The number of aliphatic hydroxyl groups excluding tert-OH is 1. The van der Waals surface area contributed by atoms with Crippen molar-refractivity contribution in [3.05, 3.63) is 54.1 Å². The molecule has 4 rings (SSSR count). The summed E-state index contributed by atoms with van der Waals surface area (Å²) >= 11 is 8.26. The predicted octanol–water partition coefficient (Wildman–Crippen LogP) is 4.45. The minimum Gasteiger partial charge on any atom is -0.394 e. The van der Waals surface area contributed by atoms with Crippen molar-refractivity contribution in [3.63, 3.8) is 0 Å². The van der Waals surface area contributed by atoms with E-state index in [1.165, 1.54) is 0 Å². The van der Waals surface area contributed by atoms with Gasteiger partial charge in [-0.2, -0.15) is 0 Å². The van der Waals surface area contributed by atoms with Crippen LogP contribution in [0.4, 0.5) is 5.69 Å². The van der Waals surface area contributed by atoms with Crippen LogP contribution in [0.1, 0.15) is 45.1 Å². The number of benzene rings is 1. The fourth-order valence-electron chi connectivity index (χ4n) is 6.92. The standard InChI is InChI=1S/C30H40ClN3O4S/c1-6-15-32(16-7-2)27(36)23-22-13-14-30(39-22)24(23)28(37)34(20(9-4)18-35)26(30)29(38)33(17-8-3)25-19(5)11-10-12-21(25)31/h6,8,10-12,20,22-24,26,35H,1,3,7,9,13-18H2,2,4-5H3/t20-,22+,23-,24-,26?,30?/m0/s1. The number of hydrogen-bond acceptors (Lipinski definition) is 5. The van der Waals surface area contributed by atoms with Crippen molar-refractivity contribution in [2.45, 2.75) is 68.5 Å². The van der Waals surface area contributed by atoms with Gasteiger partial charge in [0.1, 0.15) is 6.04 Å². The second-order valence-electron chi connectivity index (χ2n) is 10.8. The van der Waals surface area contributed by atoms with E-state index >= 15 is 0 Å². The molecule has 1 spiro atoms. The number of thioether (sulfide) groups is 1. The molecule has 1 N–H and O–H groups in total. The first-order chi connectivity index (χ1) is 18.7. The van der Waals surface area contributed by atoms with Gasteiger partial charge in [-0.25, -0.2) is 0 Å². The van der Waals surface area contributed by atoms with Crippen LogP contribution in [-0.2, 0) is 14.4 Å². The number of carbonyl (C=O) groups is 3. The summed E-state index contributed by atoms with van der Waals surface area (Å²) in [4.78, 5) is 48.0. The van der Waals surface area contributed by atoms with Crippen LogP contribution in [0.3, 0.4) is 0 Å². The fraction of sp³-hybridized carbons (Fsp3) is 0.567. The van der Waals surface area contributed by atoms with Gasteiger partial charge in [0.25, 0.3) is 5.91 Å². The molecule has 6 atom stereocenters. The van der Waals surface area contributed by atoms with Crippen LogP contribution in [0.2, 0.25) is 5.02 Å². The lowest BCUT2D eigenvalue weighted by atomic mass is 9.70. The summed E-state index contributed by atoms with van der Waals surface area (Å²) in [7, 11) is 0. The number of hydrogen-bond donors (Lipinski definition) is 1. The van der Waals surface area contributed by atoms with Crippen molar-refractivity contribution in [1.82, 2.24) is 9.80 Å². The molecule has 3 amide bonds. The Balaban J connectivity index is 1.83. The first kappa shape index (κ1) is 29.7. The van der Waals surface area contributed by atoms with Gasteiger partial charge in [-0.05, 0) is 44.2 Å². The van der Waals surface area contributed by atoms with E-state index in [-0.39, 0.29) is 36.1 Å². The predicted molar refractivity (Wildman–Crippen MR) is 158 cm³/mol. The third-order valence-electron chi connectivity index (χ3n) is 8.52. The SMILES string of the molecule is C=CCN(CCC)C(=O)[C@@H]1[C@H]2C(=O)N([C@@H](CC)CO)C(C(=O)N(CC=C)c3c(C)cccc3Cl)C23CC[C@H]1S3. The summed E-state index contributed by atoms with van der Waals surface area (Å²) in [5.41, 5.74) is 1.44. The van der Waals surface area contributed by atoms with E-state index in [1.807, 2.05) is 32.9 Å². The largest absolute Gasteiger partial charge is 0.394 e. The average Bonchev–Trinajstić information content (AvgIpc) is 3.56. The van der Waals surface area contributed by atoms with Crippen LogP contribution < -0.4 is 4.90 Å². The second kappa shape index (κ2) is 12.1.